The number of aromatic amines is 1. The summed E-state index contributed by atoms with van der Waals surface area (Å²) in [5, 5.41) is 0.141. The molecule has 1 N–H and O–H groups in total. The fraction of sp³-hybridized carbons (Fsp3) is 0.261. The topological polar surface area (TPSA) is 113 Å². The normalized spacial score (nSPS) is 14.1. The van der Waals surface area contributed by atoms with Crippen molar-refractivity contribution in [3.05, 3.63) is 70.9 Å². The van der Waals surface area contributed by atoms with Crippen LogP contribution in [0.4, 0.5) is 10.1 Å². The molecule has 1 aliphatic rings. The Hall–Kier alpha value is -3.38. The number of halogens is 1. The van der Waals surface area contributed by atoms with E-state index >= 15 is 0 Å². The number of aromatic nitrogens is 2. The van der Waals surface area contributed by atoms with Gasteiger partial charge in [0.1, 0.15) is 11.6 Å². The first-order chi connectivity index (χ1) is 16.8. The van der Waals surface area contributed by atoms with Crippen molar-refractivity contribution in [1.29, 1.82) is 0 Å². The summed E-state index contributed by atoms with van der Waals surface area (Å²) in [7, 11) is -2.61. The molecule has 0 atom stereocenters. The number of anilines is 1. The minimum atomic E-state index is -4.07. The molecule has 0 radical (unpaired) electrons. The summed E-state index contributed by atoms with van der Waals surface area (Å²) in [5.41, 5.74) is -0.301. The van der Waals surface area contributed by atoms with E-state index in [1.165, 1.54) is 37.4 Å². The molecule has 12 heteroatoms. The van der Waals surface area contributed by atoms with Gasteiger partial charge in [0, 0.05) is 26.2 Å². The molecule has 0 saturated carbocycles. The van der Waals surface area contributed by atoms with Gasteiger partial charge >= 0.3 is 0 Å². The molecular formula is C23H23FN4O5S2. The summed E-state index contributed by atoms with van der Waals surface area (Å²) in [6.45, 7) is 1.89. The van der Waals surface area contributed by atoms with E-state index in [4.69, 9.17) is 4.74 Å². The molecule has 1 saturated heterocycles. The van der Waals surface area contributed by atoms with Crippen molar-refractivity contribution in [2.45, 2.75) is 14.9 Å². The number of para-hydroxylation sites is 1. The summed E-state index contributed by atoms with van der Waals surface area (Å²) in [4.78, 5) is 34.6. The van der Waals surface area contributed by atoms with Gasteiger partial charge in [0.25, 0.3) is 5.56 Å². The number of ether oxygens (including phenoxy) is 1. The summed E-state index contributed by atoms with van der Waals surface area (Å²) in [5.74, 6) is 0.0600. The third-order valence-corrected chi connectivity index (χ3v) is 8.20. The van der Waals surface area contributed by atoms with Gasteiger partial charge in [0.2, 0.25) is 15.7 Å². The van der Waals surface area contributed by atoms with E-state index in [0.717, 1.165) is 18.0 Å². The minimum absolute atomic E-state index is 0.0210. The minimum Gasteiger partial charge on any atom is -0.497 e. The molecule has 0 spiro atoms. The Labute approximate surface area is 205 Å². The van der Waals surface area contributed by atoms with Gasteiger partial charge in [-0.2, -0.15) is 0 Å². The Bertz CT molecular complexity index is 1370. The molecule has 2 heterocycles. The lowest BCUT2D eigenvalue weighted by molar-refractivity contribution is -0.128. The maximum absolute atomic E-state index is 14.0. The molecule has 184 valence electrons. The third kappa shape index (κ3) is 5.49. The molecular weight excluding hydrogens is 495 g/mol. The van der Waals surface area contributed by atoms with Crippen LogP contribution in [0.5, 0.6) is 5.75 Å². The number of hydrogen-bond acceptors (Lipinski definition) is 8. The number of carbonyl (C=O) groups excluding carboxylic acids is 1. The van der Waals surface area contributed by atoms with Gasteiger partial charge in [-0.1, -0.05) is 23.9 Å². The molecule has 4 rings (SSSR count). The van der Waals surface area contributed by atoms with Crippen LogP contribution in [0, 0.1) is 5.82 Å². The number of methoxy groups -OCH3 is 1. The molecule has 9 nitrogen and oxygen atoms in total. The van der Waals surface area contributed by atoms with E-state index < -0.39 is 20.3 Å². The molecule has 2 aromatic carbocycles. The van der Waals surface area contributed by atoms with Crippen molar-refractivity contribution in [3.63, 3.8) is 0 Å². The molecule has 1 fully saturated rings. The number of rotatable bonds is 7. The van der Waals surface area contributed by atoms with E-state index in [9.17, 15) is 22.4 Å². The summed E-state index contributed by atoms with van der Waals surface area (Å²) >= 11 is 1.01. The summed E-state index contributed by atoms with van der Waals surface area (Å²) in [6.07, 6.45) is 0.998. The maximum Gasteiger partial charge on any atom is 0.270 e. The first-order valence-electron chi connectivity index (χ1n) is 10.7. The number of benzene rings is 2. The molecule has 35 heavy (non-hydrogen) atoms. The van der Waals surface area contributed by atoms with Gasteiger partial charge in [0.05, 0.1) is 29.6 Å². The Morgan fingerprint density at radius 2 is 1.80 bits per heavy atom. The SMILES string of the molecule is COc1ccc(S(=O)(=O)c2cnc(SCC(=O)N3CCN(c4ccccc4F)CC3)[nH]c2=O)cc1. The van der Waals surface area contributed by atoms with Gasteiger partial charge < -0.3 is 19.5 Å². The van der Waals surface area contributed by atoms with Gasteiger partial charge in [-0.05, 0) is 36.4 Å². The fourth-order valence-electron chi connectivity index (χ4n) is 3.64. The monoisotopic (exact) mass is 518 g/mol. The van der Waals surface area contributed by atoms with Crippen LogP contribution in [0.2, 0.25) is 0 Å². The molecule has 1 amide bonds. The van der Waals surface area contributed by atoms with Gasteiger partial charge in [0.15, 0.2) is 10.1 Å². The van der Waals surface area contributed by atoms with Crippen LogP contribution < -0.4 is 15.2 Å². The maximum atomic E-state index is 14.0. The number of sulfone groups is 1. The standard InChI is InChI=1S/C23H23FN4O5S2/c1-33-16-6-8-17(9-7-16)35(31,32)20-14-25-23(26-22(20)30)34-15-21(29)28-12-10-27(11-13-28)19-5-3-2-4-18(19)24/h2-9,14H,10-13,15H2,1H3,(H,25,26,30). The van der Waals surface area contributed by atoms with Crippen LogP contribution in [0.15, 0.2) is 74.5 Å². The number of nitrogens with zero attached hydrogens (tertiary/aromatic N) is 3. The highest BCUT2D eigenvalue weighted by Crippen LogP contribution is 2.23. The van der Waals surface area contributed by atoms with Crippen LogP contribution >= 0.6 is 11.8 Å². The zero-order chi connectivity index (χ0) is 25.0. The highest BCUT2D eigenvalue weighted by atomic mass is 32.2. The van der Waals surface area contributed by atoms with Gasteiger partial charge in [-0.15, -0.1) is 0 Å². The Balaban J connectivity index is 1.36. The molecule has 0 aliphatic carbocycles. The van der Waals surface area contributed by atoms with E-state index in [1.54, 1.807) is 23.1 Å². The van der Waals surface area contributed by atoms with E-state index in [-0.39, 0.29) is 27.5 Å². The second kappa shape index (κ2) is 10.5. The molecule has 0 bridgehead atoms. The predicted octanol–water partition coefficient (Wildman–Crippen LogP) is 2.19. The smallest absolute Gasteiger partial charge is 0.270 e. The number of carbonyl (C=O) groups is 1. The average Bonchev–Trinajstić information content (AvgIpc) is 2.87. The number of nitrogens with one attached hydrogen (secondary N) is 1. The molecule has 1 aliphatic heterocycles. The lowest BCUT2D eigenvalue weighted by Gasteiger charge is -2.36. The number of hydrogen-bond donors (Lipinski definition) is 1. The van der Waals surface area contributed by atoms with E-state index in [0.29, 0.717) is 37.6 Å². The second-order valence-electron chi connectivity index (χ2n) is 7.67. The fourth-order valence-corrected chi connectivity index (χ4v) is 5.61. The number of thioether (sulfide) groups is 1. The zero-order valence-corrected chi connectivity index (χ0v) is 20.4. The molecule has 3 aromatic rings. The highest BCUT2D eigenvalue weighted by Gasteiger charge is 2.24. The first kappa shape index (κ1) is 24.7. The Morgan fingerprint density at radius 1 is 1.11 bits per heavy atom. The van der Waals surface area contributed by atoms with Crippen LogP contribution in [-0.4, -0.2) is 68.2 Å². The first-order valence-corrected chi connectivity index (χ1v) is 13.1. The summed E-state index contributed by atoms with van der Waals surface area (Å²) < 4.78 is 44.6. The van der Waals surface area contributed by atoms with Crippen LogP contribution in [0.3, 0.4) is 0 Å². The number of amides is 1. The predicted molar refractivity (Wildman–Crippen MR) is 129 cm³/mol. The van der Waals surface area contributed by atoms with Crippen molar-refractivity contribution in [1.82, 2.24) is 14.9 Å². The van der Waals surface area contributed by atoms with Gasteiger partial charge in [-0.25, -0.2) is 17.8 Å². The van der Waals surface area contributed by atoms with Crippen LogP contribution in [-0.2, 0) is 14.6 Å². The van der Waals surface area contributed by atoms with E-state index in [2.05, 4.69) is 9.97 Å². The molecule has 0 unspecified atom stereocenters. The average molecular weight is 519 g/mol. The van der Waals surface area contributed by atoms with Gasteiger partial charge in [-0.3, -0.25) is 9.59 Å². The Kier molecular flexibility index (Phi) is 7.41. The lowest BCUT2D eigenvalue weighted by atomic mass is 10.2. The number of H-pyrrole nitrogens is 1. The quantitative estimate of drug-likeness (QED) is 0.374. The Morgan fingerprint density at radius 3 is 2.43 bits per heavy atom. The van der Waals surface area contributed by atoms with Crippen molar-refractivity contribution >= 4 is 33.2 Å². The van der Waals surface area contributed by atoms with Crippen LogP contribution in [0.1, 0.15) is 0 Å². The number of piperazine rings is 1. The highest BCUT2D eigenvalue weighted by molar-refractivity contribution is 7.99. The lowest BCUT2D eigenvalue weighted by Crippen LogP contribution is -2.49. The summed E-state index contributed by atoms with van der Waals surface area (Å²) in [6, 6.07) is 12.2. The second-order valence-corrected chi connectivity index (χ2v) is 10.6. The molecule has 1 aromatic heterocycles. The zero-order valence-electron chi connectivity index (χ0n) is 18.8. The largest absolute Gasteiger partial charge is 0.497 e. The van der Waals surface area contributed by atoms with Crippen molar-refractivity contribution < 1.29 is 22.3 Å². The van der Waals surface area contributed by atoms with Crippen LogP contribution in [0.25, 0.3) is 0 Å². The van der Waals surface area contributed by atoms with Crippen molar-refractivity contribution in [3.8, 4) is 5.75 Å². The van der Waals surface area contributed by atoms with E-state index in [1.807, 2.05) is 4.90 Å². The van der Waals surface area contributed by atoms with Crippen molar-refractivity contribution in [2.75, 3.05) is 43.9 Å². The third-order valence-electron chi connectivity index (χ3n) is 5.56. The van der Waals surface area contributed by atoms with Crippen molar-refractivity contribution in [2.24, 2.45) is 0 Å².